The highest BCUT2D eigenvalue weighted by Crippen LogP contribution is 2.25. The summed E-state index contributed by atoms with van der Waals surface area (Å²) in [6.07, 6.45) is 1.69. The molecule has 0 radical (unpaired) electrons. The first-order valence-corrected chi connectivity index (χ1v) is 7.82. The molecule has 0 spiro atoms. The average molecular weight is 304 g/mol. The zero-order valence-corrected chi connectivity index (χ0v) is 12.4. The van der Waals surface area contributed by atoms with Crippen molar-refractivity contribution in [1.82, 2.24) is 9.80 Å². The maximum Gasteiger partial charge on any atom is 0.246 e. The number of carbonyl (C=O) groups is 2. The van der Waals surface area contributed by atoms with Crippen LogP contribution in [0.3, 0.4) is 0 Å². The Hall–Kier alpha value is -1.84. The minimum Gasteiger partial charge on any atom is -0.384 e. The zero-order chi connectivity index (χ0) is 14.8. The first-order chi connectivity index (χ1) is 10.2. The van der Waals surface area contributed by atoms with Crippen LogP contribution in [0, 0.1) is 11.8 Å². The van der Waals surface area contributed by atoms with E-state index in [1.807, 2.05) is 11.4 Å². The van der Waals surface area contributed by atoms with Gasteiger partial charge in [-0.3, -0.25) is 9.59 Å². The highest BCUT2D eigenvalue weighted by atomic mass is 32.1. The summed E-state index contributed by atoms with van der Waals surface area (Å²) in [4.78, 5) is 28.8. The third-order valence-electron chi connectivity index (χ3n) is 3.81. The minimum atomic E-state index is -0.250. The van der Waals surface area contributed by atoms with Gasteiger partial charge in [0.1, 0.15) is 19.2 Å². The monoisotopic (exact) mass is 304 g/mol. The summed E-state index contributed by atoms with van der Waals surface area (Å²) in [5, 5.41) is 10.6. The molecule has 2 aliphatic rings. The predicted octanol–water partition coefficient (Wildman–Crippen LogP) is 0.425. The van der Waals surface area contributed by atoms with Gasteiger partial charge in [0.15, 0.2) is 0 Å². The molecule has 0 aromatic carbocycles. The van der Waals surface area contributed by atoms with Crippen molar-refractivity contribution in [3.8, 4) is 11.8 Å². The van der Waals surface area contributed by atoms with Crippen molar-refractivity contribution in [3.05, 3.63) is 21.9 Å². The van der Waals surface area contributed by atoms with Gasteiger partial charge in [-0.05, 0) is 18.9 Å². The lowest BCUT2D eigenvalue weighted by Crippen LogP contribution is -2.56. The maximum atomic E-state index is 12.4. The van der Waals surface area contributed by atoms with Crippen LogP contribution in [-0.4, -0.2) is 52.5 Å². The molecule has 2 amide bonds. The third kappa shape index (κ3) is 2.80. The maximum absolute atomic E-state index is 12.4. The van der Waals surface area contributed by atoms with E-state index in [9.17, 15) is 9.59 Å². The lowest BCUT2D eigenvalue weighted by Gasteiger charge is -2.36. The molecule has 1 unspecified atom stereocenters. The van der Waals surface area contributed by atoms with E-state index in [-0.39, 0.29) is 31.0 Å². The number of aliphatic hydroxyl groups is 1. The molecule has 0 bridgehead atoms. The number of rotatable bonds is 2. The molecule has 3 heterocycles. The number of thiophene rings is 1. The Morgan fingerprint density at radius 2 is 2.29 bits per heavy atom. The lowest BCUT2D eigenvalue weighted by molar-refractivity contribution is -0.154. The van der Waals surface area contributed by atoms with Crippen molar-refractivity contribution in [3.63, 3.8) is 0 Å². The van der Waals surface area contributed by atoms with Gasteiger partial charge >= 0.3 is 0 Å². The molecule has 0 saturated carbocycles. The van der Waals surface area contributed by atoms with Crippen molar-refractivity contribution in [2.75, 3.05) is 19.7 Å². The molecule has 2 saturated heterocycles. The molecule has 1 N–H and O–H groups in total. The Morgan fingerprint density at radius 1 is 1.43 bits per heavy atom. The van der Waals surface area contributed by atoms with Crippen LogP contribution >= 0.6 is 11.3 Å². The van der Waals surface area contributed by atoms with E-state index in [4.69, 9.17) is 5.11 Å². The van der Waals surface area contributed by atoms with Gasteiger partial charge in [-0.15, -0.1) is 11.3 Å². The number of aliphatic hydroxyl groups excluding tert-OH is 1. The van der Waals surface area contributed by atoms with E-state index in [0.717, 1.165) is 23.3 Å². The van der Waals surface area contributed by atoms with Crippen LogP contribution in [0.2, 0.25) is 0 Å². The van der Waals surface area contributed by atoms with Crippen molar-refractivity contribution >= 4 is 23.2 Å². The molecule has 1 aromatic heterocycles. The van der Waals surface area contributed by atoms with Gasteiger partial charge < -0.3 is 14.9 Å². The fourth-order valence-corrected chi connectivity index (χ4v) is 3.69. The fraction of sp³-hybridized carbons (Fsp3) is 0.467. The first-order valence-electron chi connectivity index (χ1n) is 6.94. The van der Waals surface area contributed by atoms with Gasteiger partial charge in [0.05, 0.1) is 6.54 Å². The number of fused-ring (bicyclic) bond motifs is 1. The molecular weight excluding hydrogens is 288 g/mol. The highest BCUT2D eigenvalue weighted by molar-refractivity contribution is 7.10. The molecule has 110 valence electrons. The first kappa shape index (κ1) is 14.1. The van der Waals surface area contributed by atoms with Crippen LogP contribution < -0.4 is 0 Å². The SMILES string of the molecule is O=C1C2CCCN2C(=O)CN1Cc1cc(C#CCO)cs1. The minimum absolute atomic E-state index is 0.0500. The molecule has 1 aromatic rings. The second-order valence-electron chi connectivity index (χ2n) is 5.20. The van der Waals surface area contributed by atoms with Gasteiger partial charge in [-0.2, -0.15) is 0 Å². The molecule has 2 aliphatic heterocycles. The zero-order valence-electron chi connectivity index (χ0n) is 11.5. The van der Waals surface area contributed by atoms with E-state index in [1.54, 1.807) is 9.80 Å². The van der Waals surface area contributed by atoms with Crippen LogP contribution in [0.25, 0.3) is 0 Å². The highest BCUT2D eigenvalue weighted by Gasteiger charge is 2.41. The lowest BCUT2D eigenvalue weighted by atomic mass is 10.1. The van der Waals surface area contributed by atoms with Crippen LogP contribution in [0.1, 0.15) is 23.3 Å². The number of hydrogen-bond donors (Lipinski definition) is 1. The molecule has 2 fully saturated rings. The predicted molar refractivity (Wildman–Crippen MR) is 78.4 cm³/mol. The van der Waals surface area contributed by atoms with Crippen molar-refractivity contribution < 1.29 is 14.7 Å². The molecule has 3 rings (SSSR count). The average Bonchev–Trinajstić information content (AvgIpc) is 3.11. The second-order valence-corrected chi connectivity index (χ2v) is 6.20. The van der Waals surface area contributed by atoms with E-state index < -0.39 is 0 Å². The van der Waals surface area contributed by atoms with E-state index >= 15 is 0 Å². The van der Waals surface area contributed by atoms with Crippen molar-refractivity contribution in [2.45, 2.75) is 25.4 Å². The van der Waals surface area contributed by atoms with Gasteiger partial charge in [-0.25, -0.2) is 0 Å². The van der Waals surface area contributed by atoms with Crippen LogP contribution in [0.4, 0.5) is 0 Å². The summed E-state index contributed by atoms with van der Waals surface area (Å²) >= 11 is 1.52. The Morgan fingerprint density at radius 3 is 3.10 bits per heavy atom. The summed E-state index contributed by atoms with van der Waals surface area (Å²) in [5.41, 5.74) is 0.835. The Labute approximate surface area is 127 Å². The van der Waals surface area contributed by atoms with Gasteiger partial charge in [0.25, 0.3) is 0 Å². The molecular formula is C15H16N2O3S. The van der Waals surface area contributed by atoms with Gasteiger partial charge in [-0.1, -0.05) is 11.8 Å². The Kier molecular flexibility index (Phi) is 3.95. The summed E-state index contributed by atoms with van der Waals surface area (Å²) < 4.78 is 0. The Balaban J connectivity index is 1.71. The van der Waals surface area contributed by atoms with Gasteiger partial charge in [0, 0.05) is 22.4 Å². The largest absolute Gasteiger partial charge is 0.384 e. The second kappa shape index (κ2) is 5.88. The number of carbonyl (C=O) groups excluding carboxylic acids is 2. The van der Waals surface area contributed by atoms with Crippen molar-refractivity contribution in [2.24, 2.45) is 0 Å². The quantitative estimate of drug-likeness (QED) is 0.806. The summed E-state index contributed by atoms with van der Waals surface area (Å²) in [7, 11) is 0. The van der Waals surface area contributed by atoms with Crippen LogP contribution in [-0.2, 0) is 16.1 Å². The summed E-state index contributed by atoms with van der Waals surface area (Å²) in [6, 6.07) is 1.66. The normalized spacial score (nSPS) is 21.3. The molecule has 1 atom stereocenters. The van der Waals surface area contributed by atoms with Crippen LogP contribution in [0.15, 0.2) is 11.4 Å². The molecule has 21 heavy (non-hydrogen) atoms. The van der Waals surface area contributed by atoms with Crippen molar-refractivity contribution in [1.29, 1.82) is 0 Å². The smallest absolute Gasteiger partial charge is 0.246 e. The Bertz CT molecular complexity index is 628. The summed E-state index contributed by atoms with van der Waals surface area (Å²) in [6.45, 7) is 1.18. The molecule has 0 aliphatic carbocycles. The third-order valence-corrected chi connectivity index (χ3v) is 4.73. The van der Waals surface area contributed by atoms with E-state index in [2.05, 4.69) is 11.8 Å². The van der Waals surface area contributed by atoms with E-state index in [0.29, 0.717) is 13.1 Å². The number of amides is 2. The van der Waals surface area contributed by atoms with Gasteiger partial charge in [0.2, 0.25) is 11.8 Å². The number of hydrogen-bond acceptors (Lipinski definition) is 4. The standard InChI is InChI=1S/C15H16N2O3S/c18-6-2-3-11-7-12(21-10-11)8-16-9-14(19)17-5-1-4-13(17)15(16)20/h7,10,13,18H,1,4-6,8-9H2. The molecule has 6 heteroatoms. The number of piperazine rings is 1. The number of nitrogens with zero attached hydrogens (tertiary/aromatic N) is 2. The summed E-state index contributed by atoms with van der Waals surface area (Å²) in [5.74, 6) is 5.55. The van der Waals surface area contributed by atoms with E-state index in [1.165, 1.54) is 11.3 Å². The fourth-order valence-electron chi connectivity index (χ4n) is 2.86. The topological polar surface area (TPSA) is 60.9 Å². The molecule has 5 nitrogen and oxygen atoms in total. The van der Waals surface area contributed by atoms with Crippen LogP contribution in [0.5, 0.6) is 0 Å².